The third-order valence-electron chi connectivity index (χ3n) is 4.12. The number of nitrogens with zero attached hydrogens (tertiary/aromatic N) is 2. The smallest absolute Gasteiger partial charge is 0.0627 e. The molecule has 1 aromatic rings. The molecule has 1 saturated carbocycles. The molecule has 0 aliphatic heterocycles. The van der Waals surface area contributed by atoms with Crippen LogP contribution in [-0.4, -0.2) is 27.5 Å². The first-order valence-electron chi connectivity index (χ1n) is 7.07. The lowest BCUT2D eigenvalue weighted by Crippen LogP contribution is -2.34. The first kappa shape index (κ1) is 13.6. The number of hydrogen-bond acceptors (Lipinski definition) is 3. The molecule has 0 aromatic carbocycles. The molecule has 2 rings (SSSR count). The Hall–Kier alpha value is -0.870. The minimum absolute atomic E-state index is 0.0294. The van der Waals surface area contributed by atoms with E-state index in [1.54, 1.807) is 0 Å². The van der Waals surface area contributed by atoms with Gasteiger partial charge in [0, 0.05) is 24.3 Å². The van der Waals surface area contributed by atoms with E-state index < -0.39 is 0 Å². The normalized spacial score (nSPS) is 19.7. The Morgan fingerprint density at radius 1 is 1.39 bits per heavy atom. The lowest BCUT2D eigenvalue weighted by atomic mass is 10.0. The van der Waals surface area contributed by atoms with E-state index in [2.05, 4.69) is 17.3 Å². The third kappa shape index (κ3) is 3.12. The Kier molecular flexibility index (Phi) is 4.78. The lowest BCUT2D eigenvalue weighted by molar-refractivity contribution is 0.227. The van der Waals surface area contributed by atoms with Crippen LogP contribution in [0.5, 0.6) is 0 Å². The minimum Gasteiger partial charge on any atom is -0.394 e. The molecule has 4 nitrogen and oxygen atoms in total. The largest absolute Gasteiger partial charge is 0.394 e. The van der Waals surface area contributed by atoms with Gasteiger partial charge in [0.25, 0.3) is 0 Å². The van der Waals surface area contributed by atoms with Gasteiger partial charge in [-0.25, -0.2) is 0 Å². The SMILES string of the molecule is Cc1c(C(CO)NC2CCCCCC2)cnn1C. The molecule has 1 aliphatic rings. The van der Waals surface area contributed by atoms with E-state index in [9.17, 15) is 5.11 Å². The molecule has 18 heavy (non-hydrogen) atoms. The third-order valence-corrected chi connectivity index (χ3v) is 4.12. The van der Waals surface area contributed by atoms with Gasteiger partial charge in [-0.05, 0) is 19.8 Å². The Bertz CT molecular complexity index is 367. The number of nitrogens with one attached hydrogen (secondary N) is 1. The summed E-state index contributed by atoms with van der Waals surface area (Å²) in [6.45, 7) is 2.20. The summed E-state index contributed by atoms with van der Waals surface area (Å²) in [7, 11) is 1.94. The van der Waals surface area contributed by atoms with Crippen LogP contribution in [0.4, 0.5) is 0 Å². The van der Waals surface area contributed by atoms with Crippen LogP contribution in [0.3, 0.4) is 0 Å². The summed E-state index contributed by atoms with van der Waals surface area (Å²) in [5.41, 5.74) is 2.26. The van der Waals surface area contributed by atoms with Gasteiger partial charge in [0.05, 0.1) is 18.8 Å². The second kappa shape index (κ2) is 6.34. The highest BCUT2D eigenvalue weighted by Crippen LogP contribution is 2.22. The van der Waals surface area contributed by atoms with E-state index in [0.29, 0.717) is 6.04 Å². The number of aromatic nitrogens is 2. The van der Waals surface area contributed by atoms with E-state index in [4.69, 9.17) is 0 Å². The fourth-order valence-electron chi connectivity index (χ4n) is 2.83. The molecular weight excluding hydrogens is 226 g/mol. The quantitative estimate of drug-likeness (QED) is 0.806. The molecule has 2 N–H and O–H groups in total. The molecule has 0 radical (unpaired) electrons. The molecular formula is C14H25N3O. The highest BCUT2D eigenvalue weighted by atomic mass is 16.3. The van der Waals surface area contributed by atoms with Gasteiger partial charge in [0.2, 0.25) is 0 Å². The molecule has 1 aromatic heterocycles. The zero-order valence-corrected chi connectivity index (χ0v) is 11.5. The zero-order chi connectivity index (χ0) is 13.0. The van der Waals surface area contributed by atoms with Crippen molar-refractivity contribution in [3.63, 3.8) is 0 Å². The molecule has 1 heterocycles. The predicted molar refractivity (Wildman–Crippen MR) is 72.4 cm³/mol. The topological polar surface area (TPSA) is 50.1 Å². The highest BCUT2D eigenvalue weighted by molar-refractivity contribution is 5.20. The first-order valence-corrected chi connectivity index (χ1v) is 7.07. The van der Waals surface area contributed by atoms with Crippen LogP contribution in [0, 0.1) is 6.92 Å². The van der Waals surface area contributed by atoms with Gasteiger partial charge in [-0.3, -0.25) is 4.68 Å². The minimum atomic E-state index is 0.0294. The summed E-state index contributed by atoms with van der Waals surface area (Å²) in [5.74, 6) is 0. The summed E-state index contributed by atoms with van der Waals surface area (Å²) in [6.07, 6.45) is 9.66. The average molecular weight is 251 g/mol. The van der Waals surface area contributed by atoms with E-state index in [1.165, 1.54) is 38.5 Å². The summed E-state index contributed by atoms with van der Waals surface area (Å²) >= 11 is 0. The lowest BCUT2D eigenvalue weighted by Gasteiger charge is -2.23. The maximum atomic E-state index is 9.61. The van der Waals surface area contributed by atoms with Crippen molar-refractivity contribution in [3.8, 4) is 0 Å². The van der Waals surface area contributed by atoms with Crippen LogP contribution < -0.4 is 5.32 Å². The van der Waals surface area contributed by atoms with Crippen LogP contribution in [0.25, 0.3) is 0 Å². The van der Waals surface area contributed by atoms with Crippen molar-refractivity contribution in [2.45, 2.75) is 57.5 Å². The molecule has 0 amide bonds. The van der Waals surface area contributed by atoms with Crippen LogP contribution in [0.2, 0.25) is 0 Å². The van der Waals surface area contributed by atoms with E-state index >= 15 is 0 Å². The number of aliphatic hydroxyl groups is 1. The van der Waals surface area contributed by atoms with Crippen molar-refractivity contribution in [2.24, 2.45) is 7.05 Å². The number of hydrogen-bond donors (Lipinski definition) is 2. The van der Waals surface area contributed by atoms with Crippen molar-refractivity contribution >= 4 is 0 Å². The average Bonchev–Trinajstić information content (AvgIpc) is 2.61. The predicted octanol–water partition coefficient (Wildman–Crippen LogP) is 2.07. The van der Waals surface area contributed by atoms with Crippen LogP contribution in [-0.2, 0) is 7.05 Å². The molecule has 1 unspecified atom stereocenters. The van der Waals surface area contributed by atoms with Gasteiger partial charge in [-0.2, -0.15) is 5.10 Å². The molecule has 1 atom stereocenters. The van der Waals surface area contributed by atoms with Gasteiger partial charge < -0.3 is 10.4 Å². The molecule has 102 valence electrons. The zero-order valence-electron chi connectivity index (χ0n) is 11.5. The van der Waals surface area contributed by atoms with Crippen molar-refractivity contribution in [1.29, 1.82) is 0 Å². The second-order valence-electron chi connectivity index (χ2n) is 5.40. The Labute approximate surface area is 109 Å². The maximum absolute atomic E-state index is 9.61. The summed E-state index contributed by atoms with van der Waals surface area (Å²) < 4.78 is 1.87. The second-order valence-corrected chi connectivity index (χ2v) is 5.40. The van der Waals surface area contributed by atoms with Crippen LogP contribution in [0.1, 0.15) is 55.8 Å². The fourth-order valence-corrected chi connectivity index (χ4v) is 2.83. The van der Waals surface area contributed by atoms with E-state index in [-0.39, 0.29) is 12.6 Å². The fraction of sp³-hybridized carbons (Fsp3) is 0.786. The Morgan fingerprint density at radius 2 is 2.06 bits per heavy atom. The first-order chi connectivity index (χ1) is 8.72. The summed E-state index contributed by atoms with van der Waals surface area (Å²) in [6, 6.07) is 0.575. The van der Waals surface area contributed by atoms with Crippen molar-refractivity contribution < 1.29 is 5.11 Å². The Balaban J connectivity index is 2.02. The molecule has 0 spiro atoms. The standard InChI is InChI=1S/C14H25N3O/c1-11-13(9-15-17(11)2)14(10-18)16-12-7-5-3-4-6-8-12/h9,12,14,16,18H,3-8,10H2,1-2H3. The Morgan fingerprint density at radius 3 is 2.56 bits per heavy atom. The molecule has 4 heteroatoms. The van der Waals surface area contributed by atoms with Gasteiger partial charge in [-0.1, -0.05) is 25.7 Å². The van der Waals surface area contributed by atoms with Crippen molar-refractivity contribution in [3.05, 3.63) is 17.5 Å². The maximum Gasteiger partial charge on any atom is 0.0627 e. The summed E-state index contributed by atoms with van der Waals surface area (Å²) in [4.78, 5) is 0. The van der Waals surface area contributed by atoms with Crippen LogP contribution in [0.15, 0.2) is 6.20 Å². The molecule has 0 bridgehead atoms. The molecule has 0 saturated heterocycles. The van der Waals surface area contributed by atoms with Crippen molar-refractivity contribution in [1.82, 2.24) is 15.1 Å². The van der Waals surface area contributed by atoms with Gasteiger partial charge in [0.1, 0.15) is 0 Å². The van der Waals surface area contributed by atoms with Crippen molar-refractivity contribution in [2.75, 3.05) is 6.61 Å². The molecule has 1 fully saturated rings. The number of aliphatic hydroxyl groups excluding tert-OH is 1. The summed E-state index contributed by atoms with van der Waals surface area (Å²) in [5, 5.41) is 17.5. The van der Waals surface area contributed by atoms with Gasteiger partial charge in [-0.15, -0.1) is 0 Å². The number of aryl methyl sites for hydroxylation is 1. The number of rotatable bonds is 4. The van der Waals surface area contributed by atoms with Gasteiger partial charge in [0.15, 0.2) is 0 Å². The van der Waals surface area contributed by atoms with E-state index in [0.717, 1.165) is 11.3 Å². The highest BCUT2D eigenvalue weighted by Gasteiger charge is 2.20. The molecule has 1 aliphatic carbocycles. The van der Waals surface area contributed by atoms with Gasteiger partial charge >= 0.3 is 0 Å². The van der Waals surface area contributed by atoms with E-state index in [1.807, 2.05) is 17.9 Å². The monoisotopic (exact) mass is 251 g/mol. The van der Waals surface area contributed by atoms with Crippen LogP contribution >= 0.6 is 0 Å².